The van der Waals surface area contributed by atoms with Gasteiger partial charge in [0.2, 0.25) is 0 Å². The number of aromatic hydroxyl groups is 1. The van der Waals surface area contributed by atoms with Gasteiger partial charge in [-0.2, -0.15) is 0 Å². The van der Waals surface area contributed by atoms with Gasteiger partial charge in [-0.1, -0.05) is 6.92 Å². The van der Waals surface area contributed by atoms with Gasteiger partial charge in [-0.15, -0.1) is 5.10 Å². The average molecular weight is 390 g/mol. The highest BCUT2D eigenvalue weighted by Gasteiger charge is 2.13. The van der Waals surface area contributed by atoms with Crippen molar-refractivity contribution in [2.24, 2.45) is 0 Å². The number of benzene rings is 1. The number of carbonyl (C=O) groups is 2. The predicted molar refractivity (Wildman–Crippen MR) is 100 cm³/mol. The number of Topliss-reactive ketones (excluding diaryl/α,β-unsaturated/α-hetero) is 1. The molecule has 0 fully saturated rings. The summed E-state index contributed by atoms with van der Waals surface area (Å²) in [6.07, 6.45) is 2.96. The molecule has 0 aliphatic rings. The minimum absolute atomic E-state index is 0.0633. The number of esters is 1. The van der Waals surface area contributed by atoms with Crippen LogP contribution in [0, 0.1) is 0 Å². The van der Waals surface area contributed by atoms with E-state index in [9.17, 15) is 14.7 Å². The summed E-state index contributed by atoms with van der Waals surface area (Å²) >= 11 is 0. The number of tetrazole rings is 1. The Hall–Kier alpha value is -2.97. The van der Waals surface area contributed by atoms with Crippen LogP contribution >= 0.6 is 0 Å². The number of ether oxygens (including phenoxy) is 2. The van der Waals surface area contributed by atoms with E-state index in [1.165, 1.54) is 19.9 Å². The molecule has 152 valence electrons. The van der Waals surface area contributed by atoms with Crippen LogP contribution in [0.3, 0.4) is 0 Å². The number of ketones is 1. The summed E-state index contributed by atoms with van der Waals surface area (Å²) in [4.78, 5) is 22.3. The third kappa shape index (κ3) is 6.04. The van der Waals surface area contributed by atoms with Gasteiger partial charge in [-0.05, 0) is 48.2 Å². The second kappa shape index (κ2) is 10.4. The molecule has 1 N–H and O–H groups in total. The van der Waals surface area contributed by atoms with E-state index < -0.39 is 0 Å². The van der Waals surface area contributed by atoms with Crippen LogP contribution in [0.15, 0.2) is 12.1 Å². The minimum Gasteiger partial charge on any atom is -0.507 e. The predicted octanol–water partition coefficient (Wildman–Crippen LogP) is 2.11. The van der Waals surface area contributed by atoms with E-state index >= 15 is 0 Å². The first kappa shape index (κ1) is 21.3. The molecule has 0 spiro atoms. The van der Waals surface area contributed by atoms with Crippen LogP contribution in [-0.2, 0) is 28.9 Å². The first-order chi connectivity index (χ1) is 13.4. The molecule has 0 amide bonds. The van der Waals surface area contributed by atoms with Crippen LogP contribution in [0.1, 0.15) is 55.4 Å². The van der Waals surface area contributed by atoms with Crippen LogP contribution < -0.4 is 4.74 Å². The van der Waals surface area contributed by atoms with Gasteiger partial charge in [-0.25, -0.2) is 4.68 Å². The van der Waals surface area contributed by atoms with Gasteiger partial charge < -0.3 is 14.6 Å². The maximum absolute atomic E-state index is 11.5. The van der Waals surface area contributed by atoms with Gasteiger partial charge in [0.05, 0.1) is 18.7 Å². The van der Waals surface area contributed by atoms with Crippen molar-refractivity contribution in [3.05, 3.63) is 29.1 Å². The lowest BCUT2D eigenvalue weighted by atomic mass is 10.0. The molecule has 2 rings (SSSR count). The Morgan fingerprint density at radius 1 is 1.18 bits per heavy atom. The average Bonchev–Trinajstić information content (AvgIpc) is 3.08. The van der Waals surface area contributed by atoms with Crippen LogP contribution in [-0.4, -0.2) is 50.3 Å². The van der Waals surface area contributed by atoms with Crippen molar-refractivity contribution in [3.63, 3.8) is 0 Å². The monoisotopic (exact) mass is 390 g/mol. The van der Waals surface area contributed by atoms with Crippen molar-refractivity contribution in [2.45, 2.75) is 53.0 Å². The minimum atomic E-state index is -0.333. The van der Waals surface area contributed by atoms with Gasteiger partial charge in [0.15, 0.2) is 11.6 Å². The molecule has 2 aromatic rings. The van der Waals surface area contributed by atoms with E-state index in [-0.39, 0.29) is 24.1 Å². The van der Waals surface area contributed by atoms with Crippen molar-refractivity contribution < 1.29 is 24.2 Å². The summed E-state index contributed by atoms with van der Waals surface area (Å²) in [6, 6.07) is 3.19. The Kier molecular flexibility index (Phi) is 7.91. The zero-order valence-electron chi connectivity index (χ0n) is 16.5. The zero-order valence-corrected chi connectivity index (χ0v) is 16.5. The van der Waals surface area contributed by atoms with Crippen molar-refractivity contribution >= 4 is 11.8 Å². The molecule has 1 aromatic heterocycles. The summed E-state index contributed by atoms with van der Waals surface area (Å²) in [7, 11) is 0. The fourth-order valence-corrected chi connectivity index (χ4v) is 2.73. The zero-order chi connectivity index (χ0) is 20.5. The lowest BCUT2D eigenvalue weighted by Gasteiger charge is -2.13. The molecule has 0 radical (unpaired) electrons. The summed E-state index contributed by atoms with van der Waals surface area (Å²) in [5.41, 5.74) is 1.20. The Balaban J connectivity index is 1.81. The van der Waals surface area contributed by atoms with Crippen LogP contribution in [0.2, 0.25) is 0 Å². The number of phenols is 1. The first-order valence-corrected chi connectivity index (χ1v) is 9.30. The highest BCUT2D eigenvalue weighted by molar-refractivity contribution is 5.97. The Bertz CT molecular complexity index is 819. The number of aryl methyl sites for hydroxylation is 2. The fraction of sp³-hybridized carbons (Fsp3) is 0.526. The number of phenolic OH excluding ortho intramolecular Hbond substituents is 1. The molecule has 1 aromatic carbocycles. The fourth-order valence-electron chi connectivity index (χ4n) is 2.73. The SMILES string of the molecule is CCc1cc(C(C)=O)c(O)cc1OCCCCc1nnnn1CCOC(C)=O. The standard InChI is InChI=1S/C19H26N4O5/c1-4-15-11-16(13(2)24)17(26)12-18(15)28-9-6-5-7-19-20-21-22-23(19)8-10-27-14(3)25/h11-12,26H,4-10H2,1-3H3. The van der Waals surface area contributed by atoms with Gasteiger partial charge >= 0.3 is 5.97 Å². The van der Waals surface area contributed by atoms with Crippen molar-refractivity contribution in [1.82, 2.24) is 20.2 Å². The van der Waals surface area contributed by atoms with E-state index in [1.807, 2.05) is 6.92 Å². The van der Waals surface area contributed by atoms with E-state index in [0.717, 1.165) is 24.2 Å². The number of nitrogens with zero attached hydrogens (tertiary/aromatic N) is 4. The Morgan fingerprint density at radius 2 is 1.96 bits per heavy atom. The van der Waals surface area contributed by atoms with Crippen LogP contribution in [0.5, 0.6) is 11.5 Å². The number of hydrogen-bond donors (Lipinski definition) is 1. The highest BCUT2D eigenvalue weighted by atomic mass is 16.5. The van der Waals surface area contributed by atoms with Crippen molar-refractivity contribution in [2.75, 3.05) is 13.2 Å². The van der Waals surface area contributed by atoms with Gasteiger partial charge in [0.25, 0.3) is 0 Å². The highest BCUT2D eigenvalue weighted by Crippen LogP contribution is 2.29. The third-order valence-corrected chi connectivity index (χ3v) is 4.21. The molecular weight excluding hydrogens is 364 g/mol. The normalized spacial score (nSPS) is 10.7. The number of hydrogen-bond acceptors (Lipinski definition) is 8. The molecular formula is C19H26N4O5. The quantitative estimate of drug-likeness (QED) is 0.352. The van der Waals surface area contributed by atoms with E-state index in [4.69, 9.17) is 9.47 Å². The van der Waals surface area contributed by atoms with Crippen LogP contribution in [0.25, 0.3) is 0 Å². The van der Waals surface area contributed by atoms with Crippen molar-refractivity contribution in [3.8, 4) is 11.5 Å². The third-order valence-electron chi connectivity index (χ3n) is 4.21. The van der Waals surface area contributed by atoms with E-state index in [1.54, 1.807) is 10.7 Å². The summed E-state index contributed by atoms with van der Waals surface area (Å²) in [6.45, 7) is 5.88. The summed E-state index contributed by atoms with van der Waals surface area (Å²) < 4.78 is 12.3. The second-order valence-corrected chi connectivity index (χ2v) is 6.35. The maximum atomic E-state index is 11.5. The number of rotatable bonds is 11. The number of unbranched alkanes of at least 4 members (excludes halogenated alkanes) is 1. The van der Waals surface area contributed by atoms with Crippen LogP contribution in [0.4, 0.5) is 0 Å². The largest absolute Gasteiger partial charge is 0.507 e. The first-order valence-electron chi connectivity index (χ1n) is 9.30. The molecule has 9 heteroatoms. The Labute approximate surface area is 163 Å². The smallest absolute Gasteiger partial charge is 0.302 e. The van der Waals surface area contributed by atoms with Crippen molar-refractivity contribution in [1.29, 1.82) is 0 Å². The molecule has 0 saturated heterocycles. The Morgan fingerprint density at radius 3 is 2.64 bits per heavy atom. The molecule has 0 aliphatic carbocycles. The molecule has 28 heavy (non-hydrogen) atoms. The van der Waals surface area contributed by atoms with Gasteiger partial charge in [0.1, 0.15) is 18.1 Å². The number of carbonyl (C=O) groups excluding carboxylic acids is 2. The molecule has 0 aliphatic heterocycles. The molecule has 0 unspecified atom stereocenters. The lowest BCUT2D eigenvalue weighted by molar-refractivity contribution is -0.141. The van der Waals surface area contributed by atoms with E-state index in [2.05, 4.69) is 15.5 Å². The molecule has 0 atom stereocenters. The van der Waals surface area contributed by atoms with Gasteiger partial charge in [0, 0.05) is 19.4 Å². The topological polar surface area (TPSA) is 116 Å². The maximum Gasteiger partial charge on any atom is 0.302 e. The molecule has 1 heterocycles. The molecule has 9 nitrogen and oxygen atoms in total. The number of aromatic nitrogens is 4. The second-order valence-electron chi connectivity index (χ2n) is 6.35. The summed E-state index contributed by atoms with van der Waals surface area (Å²) in [5, 5.41) is 21.5. The lowest BCUT2D eigenvalue weighted by Crippen LogP contribution is -2.13. The van der Waals surface area contributed by atoms with Gasteiger partial charge in [-0.3, -0.25) is 9.59 Å². The van der Waals surface area contributed by atoms with E-state index in [0.29, 0.717) is 37.3 Å². The molecule has 0 bridgehead atoms. The summed E-state index contributed by atoms with van der Waals surface area (Å²) in [5.74, 6) is 0.749. The molecule has 0 saturated carbocycles.